The van der Waals surface area contributed by atoms with Crippen LogP contribution in [0.25, 0.3) is 0 Å². The summed E-state index contributed by atoms with van der Waals surface area (Å²) in [4.78, 5) is 25.0. The van der Waals surface area contributed by atoms with Crippen LogP contribution in [0.3, 0.4) is 0 Å². The highest BCUT2D eigenvalue weighted by Crippen LogP contribution is 2.05. The van der Waals surface area contributed by atoms with Crippen LogP contribution in [0.5, 0.6) is 0 Å². The second-order valence-corrected chi connectivity index (χ2v) is 7.77. The first-order chi connectivity index (χ1) is 10.8. The lowest BCUT2D eigenvalue weighted by Crippen LogP contribution is -2.34. The fourth-order valence-corrected chi connectivity index (χ4v) is 2.71. The van der Waals surface area contributed by atoms with Gasteiger partial charge in [0, 0.05) is 39.2 Å². The Balaban J connectivity index is 2.34. The van der Waals surface area contributed by atoms with Gasteiger partial charge < -0.3 is 10.2 Å². The molecule has 0 aliphatic carbocycles. The quantitative estimate of drug-likeness (QED) is 0.679. The van der Waals surface area contributed by atoms with Crippen LogP contribution in [0.2, 0.25) is 0 Å². The third kappa shape index (κ3) is 8.97. The van der Waals surface area contributed by atoms with Gasteiger partial charge in [-0.05, 0) is 12.0 Å². The third-order valence-electron chi connectivity index (χ3n) is 3.28. The van der Waals surface area contributed by atoms with Crippen molar-refractivity contribution in [3.05, 3.63) is 35.9 Å². The predicted octanol–water partition coefficient (Wildman–Crippen LogP) is 0.976. The molecule has 0 fully saturated rings. The molecule has 0 unspecified atom stereocenters. The molecule has 23 heavy (non-hydrogen) atoms. The Labute approximate surface area is 137 Å². The zero-order chi connectivity index (χ0) is 17.3. The van der Waals surface area contributed by atoms with E-state index in [1.54, 1.807) is 4.90 Å². The zero-order valence-electron chi connectivity index (χ0n) is 13.6. The summed E-state index contributed by atoms with van der Waals surface area (Å²) in [6.45, 7) is 2.61. The number of amides is 2. The van der Waals surface area contributed by atoms with E-state index < -0.39 is 9.84 Å². The summed E-state index contributed by atoms with van der Waals surface area (Å²) < 4.78 is 22.0. The van der Waals surface area contributed by atoms with E-state index in [1.807, 2.05) is 30.3 Å². The van der Waals surface area contributed by atoms with E-state index in [1.165, 1.54) is 13.2 Å². The Bertz CT molecular complexity index is 614. The van der Waals surface area contributed by atoms with Crippen LogP contribution in [0.15, 0.2) is 30.3 Å². The maximum absolute atomic E-state index is 11.7. The van der Waals surface area contributed by atoms with E-state index in [9.17, 15) is 18.0 Å². The summed E-state index contributed by atoms with van der Waals surface area (Å²) in [5, 5.41) is 2.67. The van der Waals surface area contributed by atoms with Gasteiger partial charge in [0.25, 0.3) is 0 Å². The average molecular weight is 340 g/mol. The summed E-state index contributed by atoms with van der Waals surface area (Å²) in [7, 11) is -3.00. The van der Waals surface area contributed by atoms with Gasteiger partial charge in [0.2, 0.25) is 11.8 Å². The van der Waals surface area contributed by atoms with Crippen LogP contribution in [0.1, 0.15) is 25.3 Å². The number of nitrogens with one attached hydrogen (secondary N) is 1. The third-order valence-corrected chi connectivity index (χ3v) is 4.31. The smallest absolute Gasteiger partial charge is 0.221 e. The Hall–Kier alpha value is -1.89. The minimum absolute atomic E-state index is 0.0564. The molecule has 7 heteroatoms. The average Bonchev–Trinajstić information content (AvgIpc) is 2.47. The van der Waals surface area contributed by atoms with Crippen LogP contribution in [0.4, 0.5) is 0 Å². The first-order valence-corrected chi connectivity index (χ1v) is 9.58. The van der Waals surface area contributed by atoms with E-state index in [0.29, 0.717) is 26.1 Å². The number of rotatable bonds is 9. The highest BCUT2D eigenvalue weighted by atomic mass is 32.2. The fourth-order valence-electron chi connectivity index (χ4n) is 2.04. The zero-order valence-corrected chi connectivity index (χ0v) is 14.4. The molecule has 0 saturated heterocycles. The van der Waals surface area contributed by atoms with Crippen LogP contribution in [-0.4, -0.2) is 50.2 Å². The Morgan fingerprint density at radius 2 is 1.83 bits per heavy atom. The van der Waals surface area contributed by atoms with Gasteiger partial charge in [-0.15, -0.1) is 0 Å². The van der Waals surface area contributed by atoms with Crippen molar-refractivity contribution < 1.29 is 18.0 Å². The van der Waals surface area contributed by atoms with Gasteiger partial charge in [-0.1, -0.05) is 30.3 Å². The van der Waals surface area contributed by atoms with Crippen molar-refractivity contribution in [2.24, 2.45) is 0 Å². The molecule has 1 aromatic carbocycles. The topological polar surface area (TPSA) is 83.6 Å². The monoisotopic (exact) mass is 340 g/mol. The first-order valence-electron chi connectivity index (χ1n) is 7.52. The summed E-state index contributed by atoms with van der Waals surface area (Å²) in [6, 6.07) is 9.58. The molecule has 0 saturated carbocycles. The molecule has 2 amide bonds. The molecule has 0 bridgehead atoms. The fraction of sp³-hybridized carbons (Fsp3) is 0.500. The Morgan fingerprint density at radius 3 is 2.39 bits per heavy atom. The lowest BCUT2D eigenvalue weighted by atomic mass is 10.2. The molecule has 1 N–H and O–H groups in total. The lowest BCUT2D eigenvalue weighted by molar-refractivity contribution is -0.130. The normalized spacial score (nSPS) is 11.0. The number of nitrogens with zero attached hydrogens (tertiary/aromatic N) is 1. The molecule has 0 radical (unpaired) electrons. The molecule has 6 nitrogen and oxygen atoms in total. The van der Waals surface area contributed by atoms with Crippen LogP contribution < -0.4 is 5.32 Å². The van der Waals surface area contributed by atoms with Gasteiger partial charge in [-0.2, -0.15) is 0 Å². The van der Waals surface area contributed by atoms with Gasteiger partial charge in [0.15, 0.2) is 0 Å². The van der Waals surface area contributed by atoms with Gasteiger partial charge in [-0.25, -0.2) is 8.42 Å². The first kappa shape index (κ1) is 19.2. The molecular formula is C16H24N2O4S. The Kier molecular flexibility index (Phi) is 7.74. The maximum atomic E-state index is 11.7. The summed E-state index contributed by atoms with van der Waals surface area (Å²) in [5.41, 5.74) is 1.01. The second kappa shape index (κ2) is 9.29. The molecule has 0 aliphatic rings. The minimum Gasteiger partial charge on any atom is -0.356 e. The summed E-state index contributed by atoms with van der Waals surface area (Å²) >= 11 is 0. The number of carbonyl (C=O) groups excluding carboxylic acids is 2. The van der Waals surface area contributed by atoms with Crippen molar-refractivity contribution in [1.29, 1.82) is 0 Å². The van der Waals surface area contributed by atoms with Gasteiger partial charge in [0.1, 0.15) is 9.84 Å². The molecule has 0 spiro atoms. The van der Waals surface area contributed by atoms with Crippen molar-refractivity contribution in [1.82, 2.24) is 10.2 Å². The van der Waals surface area contributed by atoms with Crippen LogP contribution in [0, 0.1) is 0 Å². The summed E-state index contributed by atoms with van der Waals surface area (Å²) in [6.07, 6.45) is 1.76. The molecule has 0 aromatic heterocycles. The maximum Gasteiger partial charge on any atom is 0.221 e. The SMILES string of the molecule is CC(=O)N(CCC(=O)NCCCS(C)(=O)=O)Cc1ccccc1. The van der Waals surface area contributed by atoms with Crippen molar-refractivity contribution in [3.63, 3.8) is 0 Å². The molecular weight excluding hydrogens is 316 g/mol. The Morgan fingerprint density at radius 1 is 1.17 bits per heavy atom. The minimum atomic E-state index is -3.00. The number of sulfone groups is 1. The van der Waals surface area contributed by atoms with E-state index in [4.69, 9.17) is 0 Å². The number of benzene rings is 1. The molecule has 128 valence electrons. The molecule has 1 aromatic rings. The van der Waals surface area contributed by atoms with Crippen molar-refractivity contribution in [3.8, 4) is 0 Å². The van der Waals surface area contributed by atoms with Gasteiger partial charge >= 0.3 is 0 Å². The van der Waals surface area contributed by atoms with E-state index in [2.05, 4.69) is 5.32 Å². The highest BCUT2D eigenvalue weighted by Gasteiger charge is 2.11. The van der Waals surface area contributed by atoms with Crippen LogP contribution >= 0.6 is 0 Å². The predicted molar refractivity (Wildman–Crippen MR) is 89.5 cm³/mol. The standard InChI is InChI=1S/C16H24N2O4S/c1-14(19)18(13-15-7-4-3-5-8-15)11-9-16(20)17-10-6-12-23(2,21)22/h3-5,7-8H,6,9-13H2,1-2H3,(H,17,20). The molecule has 0 atom stereocenters. The van der Waals surface area contributed by atoms with Crippen molar-refractivity contribution in [2.45, 2.75) is 26.3 Å². The van der Waals surface area contributed by atoms with Gasteiger partial charge in [-0.3, -0.25) is 9.59 Å². The van der Waals surface area contributed by atoms with E-state index >= 15 is 0 Å². The molecule has 0 aliphatic heterocycles. The number of hydrogen-bond donors (Lipinski definition) is 1. The highest BCUT2D eigenvalue weighted by molar-refractivity contribution is 7.90. The summed E-state index contributed by atoms with van der Waals surface area (Å²) in [5.74, 6) is -0.211. The molecule has 1 rings (SSSR count). The van der Waals surface area contributed by atoms with E-state index in [0.717, 1.165) is 5.56 Å². The molecule has 0 heterocycles. The lowest BCUT2D eigenvalue weighted by Gasteiger charge is -2.21. The second-order valence-electron chi connectivity index (χ2n) is 5.51. The van der Waals surface area contributed by atoms with Crippen LogP contribution in [-0.2, 0) is 26.0 Å². The number of hydrogen-bond acceptors (Lipinski definition) is 4. The number of carbonyl (C=O) groups is 2. The van der Waals surface area contributed by atoms with E-state index in [-0.39, 0.29) is 24.0 Å². The largest absolute Gasteiger partial charge is 0.356 e. The van der Waals surface area contributed by atoms with Crippen molar-refractivity contribution >= 4 is 21.7 Å². The van der Waals surface area contributed by atoms with Gasteiger partial charge in [0.05, 0.1) is 5.75 Å². The van der Waals surface area contributed by atoms with Crippen molar-refractivity contribution in [2.75, 3.05) is 25.1 Å².